The molecule has 0 atom stereocenters. The molecule has 7 nitrogen and oxygen atoms in total. The van der Waals surface area contributed by atoms with Crippen LogP contribution < -0.4 is 11.1 Å². The monoisotopic (exact) mass is 399 g/mol. The molecule has 8 heteroatoms. The van der Waals surface area contributed by atoms with Gasteiger partial charge in [0.25, 0.3) is 0 Å². The zero-order chi connectivity index (χ0) is 20.2. The van der Waals surface area contributed by atoms with Gasteiger partial charge in [-0.1, -0.05) is 11.6 Å². The largest absolute Gasteiger partial charge is 0.419 e. The predicted octanol–water partition coefficient (Wildman–Crippen LogP) is 4.21. The fourth-order valence-corrected chi connectivity index (χ4v) is 3.44. The average molecular weight is 400 g/mol. The lowest BCUT2D eigenvalue weighted by atomic mass is 10.1. The molecule has 3 aromatic heterocycles. The van der Waals surface area contributed by atoms with E-state index in [9.17, 15) is 4.79 Å². The first-order valence-electron chi connectivity index (χ1n) is 9.04. The van der Waals surface area contributed by atoms with Crippen LogP contribution in [0.15, 0.2) is 33.5 Å². The summed E-state index contributed by atoms with van der Waals surface area (Å²) in [7, 11) is 1.68. The van der Waals surface area contributed by atoms with Crippen LogP contribution in [-0.4, -0.2) is 19.3 Å². The van der Waals surface area contributed by atoms with Gasteiger partial charge in [0.05, 0.1) is 16.7 Å². The third-order valence-electron chi connectivity index (χ3n) is 4.78. The smallest absolute Gasteiger partial charge is 0.408 e. The number of aryl methyl sites for hydroxylation is 2. The molecule has 0 unspecified atom stereocenters. The van der Waals surface area contributed by atoms with Gasteiger partial charge >= 0.3 is 5.76 Å². The van der Waals surface area contributed by atoms with E-state index in [1.807, 2.05) is 29.8 Å². The highest BCUT2D eigenvalue weighted by atomic mass is 35.5. The van der Waals surface area contributed by atoms with E-state index in [2.05, 4.69) is 36.2 Å². The molecule has 1 aromatic carbocycles. The second-order valence-electron chi connectivity index (χ2n) is 7.94. The predicted molar refractivity (Wildman–Crippen MR) is 111 cm³/mol. The number of oxazole rings is 1. The molecule has 0 aliphatic heterocycles. The van der Waals surface area contributed by atoms with Gasteiger partial charge in [0, 0.05) is 36.3 Å². The quantitative estimate of drug-likeness (QED) is 0.522. The Morgan fingerprint density at radius 1 is 1.25 bits per heavy atom. The third-order valence-corrected chi connectivity index (χ3v) is 5.11. The van der Waals surface area contributed by atoms with Crippen molar-refractivity contribution in [2.45, 2.75) is 39.8 Å². The van der Waals surface area contributed by atoms with E-state index in [0.29, 0.717) is 17.3 Å². The normalized spacial score (nSPS) is 12.2. The van der Waals surface area contributed by atoms with E-state index in [-0.39, 0.29) is 11.3 Å². The lowest BCUT2D eigenvalue weighted by Gasteiger charge is -2.20. The SMILES string of the molecule is Cc1nn(C(C)(C)C)c2nc(Cl)c(CNc3ccc4c(c3)oc(=O)n4C)cc12. The maximum absolute atomic E-state index is 11.6. The molecule has 0 fully saturated rings. The van der Waals surface area contributed by atoms with Crippen LogP contribution in [0.3, 0.4) is 0 Å². The fourth-order valence-electron chi connectivity index (χ4n) is 3.24. The van der Waals surface area contributed by atoms with Crippen LogP contribution in [0.25, 0.3) is 22.1 Å². The maximum atomic E-state index is 11.6. The van der Waals surface area contributed by atoms with Crippen LogP contribution >= 0.6 is 11.6 Å². The van der Waals surface area contributed by atoms with Crippen molar-refractivity contribution in [1.29, 1.82) is 0 Å². The van der Waals surface area contributed by atoms with E-state index < -0.39 is 0 Å². The van der Waals surface area contributed by atoms with Gasteiger partial charge in [-0.25, -0.2) is 14.5 Å². The standard InChI is InChI=1S/C20H22ClN5O2/c1-11-14-8-12(17(21)23-18(14)26(24-11)20(2,3)4)10-22-13-6-7-15-16(9-13)28-19(27)25(15)5/h6-9,22H,10H2,1-5H3. The van der Waals surface area contributed by atoms with Gasteiger partial charge in [0.15, 0.2) is 11.2 Å². The summed E-state index contributed by atoms with van der Waals surface area (Å²) in [6, 6.07) is 7.59. The lowest BCUT2D eigenvalue weighted by Crippen LogP contribution is -2.23. The first-order valence-corrected chi connectivity index (χ1v) is 9.41. The summed E-state index contributed by atoms with van der Waals surface area (Å²) in [5, 5.41) is 9.39. The molecule has 3 heterocycles. The number of hydrogen-bond acceptors (Lipinski definition) is 5. The number of anilines is 1. The van der Waals surface area contributed by atoms with Gasteiger partial charge < -0.3 is 9.73 Å². The van der Waals surface area contributed by atoms with Crippen LogP contribution in [0.1, 0.15) is 32.0 Å². The van der Waals surface area contributed by atoms with E-state index >= 15 is 0 Å². The molecule has 0 radical (unpaired) electrons. The summed E-state index contributed by atoms with van der Waals surface area (Å²) in [6.45, 7) is 8.72. The van der Waals surface area contributed by atoms with Crippen molar-refractivity contribution >= 4 is 39.4 Å². The fraction of sp³-hybridized carbons (Fsp3) is 0.350. The molecule has 0 spiro atoms. The Balaban J connectivity index is 1.66. The Morgan fingerprint density at radius 2 is 2.00 bits per heavy atom. The lowest BCUT2D eigenvalue weighted by molar-refractivity contribution is 0.364. The minimum Gasteiger partial charge on any atom is -0.408 e. The van der Waals surface area contributed by atoms with Crippen LogP contribution in [0.5, 0.6) is 0 Å². The highest BCUT2D eigenvalue weighted by molar-refractivity contribution is 6.30. The van der Waals surface area contributed by atoms with Gasteiger partial charge in [-0.15, -0.1) is 0 Å². The molecule has 0 saturated carbocycles. The first kappa shape index (κ1) is 18.6. The van der Waals surface area contributed by atoms with Gasteiger partial charge in [0.1, 0.15) is 5.15 Å². The summed E-state index contributed by atoms with van der Waals surface area (Å²) in [5.74, 6) is -0.379. The number of benzene rings is 1. The zero-order valence-electron chi connectivity index (χ0n) is 16.5. The molecule has 28 heavy (non-hydrogen) atoms. The van der Waals surface area contributed by atoms with Crippen LogP contribution in [0.2, 0.25) is 5.15 Å². The summed E-state index contributed by atoms with van der Waals surface area (Å²) >= 11 is 6.46. The Kier molecular flexibility index (Phi) is 4.23. The van der Waals surface area contributed by atoms with E-state index in [4.69, 9.17) is 16.0 Å². The van der Waals surface area contributed by atoms with Crippen molar-refractivity contribution in [2.24, 2.45) is 7.05 Å². The van der Waals surface area contributed by atoms with Crippen molar-refractivity contribution in [3.05, 3.63) is 51.2 Å². The Morgan fingerprint density at radius 3 is 2.71 bits per heavy atom. The molecule has 4 aromatic rings. The minimum absolute atomic E-state index is 0.183. The highest BCUT2D eigenvalue weighted by Crippen LogP contribution is 2.28. The van der Waals surface area contributed by atoms with Crippen molar-refractivity contribution < 1.29 is 4.42 Å². The van der Waals surface area contributed by atoms with Crippen molar-refractivity contribution in [1.82, 2.24) is 19.3 Å². The van der Waals surface area contributed by atoms with Crippen molar-refractivity contribution in [2.75, 3.05) is 5.32 Å². The second kappa shape index (κ2) is 6.38. The van der Waals surface area contributed by atoms with Crippen LogP contribution in [0, 0.1) is 6.92 Å². The first-order chi connectivity index (χ1) is 13.1. The number of fused-ring (bicyclic) bond motifs is 2. The number of nitrogens with one attached hydrogen (secondary N) is 1. The number of aromatic nitrogens is 4. The topological polar surface area (TPSA) is 77.9 Å². The summed E-state index contributed by atoms with van der Waals surface area (Å²) in [6.07, 6.45) is 0. The highest BCUT2D eigenvalue weighted by Gasteiger charge is 2.21. The average Bonchev–Trinajstić information content (AvgIpc) is 3.09. The molecule has 4 rings (SSSR count). The van der Waals surface area contributed by atoms with Gasteiger partial charge in [0.2, 0.25) is 0 Å². The molecule has 0 amide bonds. The molecule has 1 N–H and O–H groups in total. The molecule has 0 bridgehead atoms. The number of nitrogens with zero attached hydrogens (tertiary/aromatic N) is 4. The number of pyridine rings is 1. The maximum Gasteiger partial charge on any atom is 0.419 e. The summed E-state index contributed by atoms with van der Waals surface area (Å²) < 4.78 is 8.63. The van der Waals surface area contributed by atoms with E-state index in [1.165, 1.54) is 4.57 Å². The minimum atomic E-state index is -0.379. The number of hydrogen-bond donors (Lipinski definition) is 1. The molecular formula is C20H22ClN5O2. The molecular weight excluding hydrogens is 378 g/mol. The number of rotatable bonds is 3. The number of halogens is 1. The van der Waals surface area contributed by atoms with E-state index in [0.717, 1.165) is 33.5 Å². The second-order valence-corrected chi connectivity index (χ2v) is 8.30. The zero-order valence-corrected chi connectivity index (χ0v) is 17.3. The van der Waals surface area contributed by atoms with Crippen LogP contribution in [-0.2, 0) is 19.1 Å². The van der Waals surface area contributed by atoms with Crippen molar-refractivity contribution in [3.63, 3.8) is 0 Å². The van der Waals surface area contributed by atoms with Crippen molar-refractivity contribution in [3.8, 4) is 0 Å². The van der Waals surface area contributed by atoms with Gasteiger partial charge in [-0.05, 0) is 45.9 Å². The van der Waals surface area contributed by atoms with Gasteiger partial charge in [-0.3, -0.25) is 4.57 Å². The van der Waals surface area contributed by atoms with Gasteiger partial charge in [-0.2, -0.15) is 5.10 Å². The summed E-state index contributed by atoms with van der Waals surface area (Å²) in [5.41, 5.74) is 4.52. The molecule has 0 saturated heterocycles. The Labute approximate surface area is 166 Å². The third kappa shape index (κ3) is 3.05. The Hall–Kier alpha value is -2.80. The molecule has 0 aliphatic carbocycles. The molecule has 146 valence electrons. The summed E-state index contributed by atoms with van der Waals surface area (Å²) in [4.78, 5) is 16.2. The van der Waals surface area contributed by atoms with Crippen LogP contribution in [0.4, 0.5) is 5.69 Å². The Bertz CT molecular complexity index is 1260. The van der Waals surface area contributed by atoms with E-state index in [1.54, 1.807) is 13.1 Å². The molecule has 0 aliphatic rings.